The molecule has 1 aromatic carbocycles. The summed E-state index contributed by atoms with van der Waals surface area (Å²) in [6.07, 6.45) is 0. The fourth-order valence-corrected chi connectivity index (χ4v) is 5.17. The Labute approximate surface area is 171 Å². The molecular formula is C18H21N5OS3. The fraction of sp³-hybridized carbons (Fsp3) is 0.333. The first-order valence-corrected chi connectivity index (χ1v) is 11.2. The molecule has 6 nitrogen and oxygen atoms in total. The Balaban J connectivity index is 1.76. The second-order valence-electron chi connectivity index (χ2n) is 5.89. The lowest BCUT2D eigenvalue weighted by atomic mass is 10.1. The Morgan fingerprint density at radius 2 is 2.11 bits per heavy atom. The average molecular weight is 420 g/mol. The molecular weight excluding hydrogens is 398 g/mol. The van der Waals surface area contributed by atoms with Crippen LogP contribution in [0.15, 0.2) is 27.9 Å². The largest absolute Gasteiger partial charge is 0.360 e. The monoisotopic (exact) mass is 419 g/mol. The molecule has 0 bridgehead atoms. The van der Waals surface area contributed by atoms with Crippen LogP contribution < -0.4 is 10.2 Å². The van der Waals surface area contributed by atoms with Crippen LogP contribution in [0.4, 0.5) is 16.0 Å². The van der Waals surface area contributed by atoms with Crippen molar-refractivity contribution >= 4 is 56.3 Å². The van der Waals surface area contributed by atoms with Crippen LogP contribution in [-0.2, 0) is 10.5 Å². The highest BCUT2D eigenvalue weighted by molar-refractivity contribution is 8.00. The van der Waals surface area contributed by atoms with E-state index in [-0.39, 0.29) is 5.91 Å². The summed E-state index contributed by atoms with van der Waals surface area (Å²) in [7, 11) is 0. The topological polar surface area (TPSA) is 71.0 Å². The predicted octanol–water partition coefficient (Wildman–Crippen LogP) is 5.02. The van der Waals surface area contributed by atoms with Crippen molar-refractivity contribution in [2.45, 2.75) is 37.8 Å². The summed E-state index contributed by atoms with van der Waals surface area (Å²) in [5.41, 5.74) is 4.05. The summed E-state index contributed by atoms with van der Waals surface area (Å²) in [6, 6.07) is 5.98. The number of carbonyl (C=O) groups is 1. The molecule has 0 saturated carbocycles. The van der Waals surface area contributed by atoms with Gasteiger partial charge in [0.1, 0.15) is 0 Å². The van der Waals surface area contributed by atoms with Crippen molar-refractivity contribution < 1.29 is 4.79 Å². The van der Waals surface area contributed by atoms with Gasteiger partial charge in [0, 0.05) is 24.6 Å². The minimum Gasteiger partial charge on any atom is -0.360 e. The number of rotatable bonds is 7. The zero-order valence-corrected chi connectivity index (χ0v) is 18.1. The van der Waals surface area contributed by atoms with E-state index in [2.05, 4.69) is 20.5 Å². The molecule has 27 heavy (non-hydrogen) atoms. The highest BCUT2D eigenvalue weighted by atomic mass is 32.2. The summed E-state index contributed by atoms with van der Waals surface area (Å²) < 4.78 is 0.901. The van der Waals surface area contributed by atoms with Gasteiger partial charge in [-0.2, -0.15) is 0 Å². The molecule has 0 aliphatic carbocycles. The molecule has 9 heteroatoms. The molecule has 0 fully saturated rings. The molecule has 3 rings (SSSR count). The van der Waals surface area contributed by atoms with Crippen molar-refractivity contribution in [3.05, 3.63) is 40.4 Å². The smallest absolute Gasteiger partial charge is 0.230 e. The molecule has 0 radical (unpaired) electrons. The van der Waals surface area contributed by atoms with Gasteiger partial charge in [0.2, 0.25) is 11.0 Å². The number of hydrogen-bond acceptors (Lipinski definition) is 8. The third-order valence-corrected chi connectivity index (χ3v) is 6.86. The first-order chi connectivity index (χ1) is 13.0. The van der Waals surface area contributed by atoms with E-state index in [1.54, 1.807) is 23.6 Å². The molecule has 1 N–H and O–H groups in total. The number of thiazole rings is 1. The SMILES string of the molecule is CCNc1nnc(SCc2csc(N(C(C)=O)c3cccc(C)c3C)n2)s1. The molecule has 2 heterocycles. The number of aromatic nitrogens is 3. The average Bonchev–Trinajstić information content (AvgIpc) is 3.27. The molecule has 2 aromatic heterocycles. The molecule has 0 aliphatic heterocycles. The number of aryl methyl sites for hydroxylation is 1. The van der Waals surface area contributed by atoms with Crippen LogP contribution in [0.3, 0.4) is 0 Å². The number of anilines is 3. The van der Waals surface area contributed by atoms with Crippen molar-refractivity contribution in [2.75, 3.05) is 16.8 Å². The minimum absolute atomic E-state index is 0.0448. The normalized spacial score (nSPS) is 10.8. The Hall–Kier alpha value is -1.97. The molecule has 1 amide bonds. The van der Waals surface area contributed by atoms with Gasteiger partial charge in [0.05, 0.1) is 11.4 Å². The van der Waals surface area contributed by atoms with Crippen molar-refractivity contribution in [3.8, 4) is 0 Å². The van der Waals surface area contributed by atoms with Crippen LogP contribution in [0.25, 0.3) is 0 Å². The Kier molecular flexibility index (Phi) is 6.46. The van der Waals surface area contributed by atoms with Crippen LogP contribution in [0, 0.1) is 13.8 Å². The molecule has 0 aliphatic rings. The van der Waals surface area contributed by atoms with E-state index in [4.69, 9.17) is 0 Å². The van der Waals surface area contributed by atoms with Gasteiger partial charge in [-0.3, -0.25) is 9.69 Å². The van der Waals surface area contributed by atoms with E-state index in [1.165, 1.54) is 22.7 Å². The number of nitrogens with zero attached hydrogens (tertiary/aromatic N) is 4. The molecule has 3 aromatic rings. The zero-order chi connectivity index (χ0) is 19.4. The standard InChI is InChI=1S/C18H21N5OS3/c1-5-19-16-21-22-18(27-16)26-10-14-9-25-17(20-14)23(13(4)24)15-8-6-7-11(2)12(15)3/h6-9H,5,10H2,1-4H3,(H,19,21). The lowest BCUT2D eigenvalue weighted by Crippen LogP contribution is -2.23. The highest BCUT2D eigenvalue weighted by Crippen LogP contribution is 2.34. The van der Waals surface area contributed by atoms with E-state index < -0.39 is 0 Å². The van der Waals surface area contributed by atoms with Gasteiger partial charge in [-0.25, -0.2) is 4.98 Å². The number of benzene rings is 1. The third kappa shape index (κ3) is 4.66. The van der Waals surface area contributed by atoms with Gasteiger partial charge >= 0.3 is 0 Å². The van der Waals surface area contributed by atoms with Gasteiger partial charge in [0.25, 0.3) is 0 Å². The number of thioether (sulfide) groups is 1. The van der Waals surface area contributed by atoms with Gasteiger partial charge in [-0.15, -0.1) is 21.5 Å². The second kappa shape index (κ2) is 8.81. The maximum atomic E-state index is 12.3. The van der Waals surface area contributed by atoms with E-state index >= 15 is 0 Å². The van der Waals surface area contributed by atoms with Gasteiger partial charge in [-0.05, 0) is 38.0 Å². The Bertz CT molecular complexity index is 937. The van der Waals surface area contributed by atoms with E-state index in [1.807, 2.05) is 44.4 Å². The third-order valence-electron chi connectivity index (χ3n) is 3.94. The van der Waals surface area contributed by atoms with Gasteiger partial charge in [-0.1, -0.05) is 35.2 Å². The molecule has 0 unspecified atom stereocenters. The van der Waals surface area contributed by atoms with Crippen molar-refractivity contribution in [1.29, 1.82) is 0 Å². The maximum Gasteiger partial charge on any atom is 0.230 e. The van der Waals surface area contributed by atoms with Crippen LogP contribution in [-0.4, -0.2) is 27.6 Å². The maximum absolute atomic E-state index is 12.3. The first-order valence-electron chi connectivity index (χ1n) is 8.51. The molecule has 142 valence electrons. The summed E-state index contributed by atoms with van der Waals surface area (Å²) in [5, 5.41) is 14.9. The van der Waals surface area contributed by atoms with Crippen LogP contribution in [0.5, 0.6) is 0 Å². The lowest BCUT2D eigenvalue weighted by molar-refractivity contribution is -0.115. The number of amides is 1. The summed E-state index contributed by atoms with van der Waals surface area (Å²) in [5.74, 6) is 0.646. The quantitative estimate of drug-likeness (QED) is 0.542. The van der Waals surface area contributed by atoms with Crippen LogP contribution in [0.2, 0.25) is 0 Å². The number of carbonyl (C=O) groups excluding carboxylic acids is 1. The molecule has 0 saturated heterocycles. The number of nitrogens with one attached hydrogen (secondary N) is 1. The van der Waals surface area contributed by atoms with Crippen molar-refractivity contribution in [2.24, 2.45) is 0 Å². The number of hydrogen-bond donors (Lipinski definition) is 1. The Morgan fingerprint density at radius 1 is 1.30 bits per heavy atom. The highest BCUT2D eigenvalue weighted by Gasteiger charge is 2.20. The van der Waals surface area contributed by atoms with Crippen LogP contribution in [0.1, 0.15) is 30.7 Å². The second-order valence-corrected chi connectivity index (χ2v) is 8.92. The summed E-state index contributed by atoms with van der Waals surface area (Å²) in [6.45, 7) is 8.50. The van der Waals surface area contributed by atoms with Gasteiger partial charge in [0.15, 0.2) is 9.47 Å². The van der Waals surface area contributed by atoms with E-state index in [9.17, 15) is 4.79 Å². The fourth-order valence-electron chi connectivity index (χ4n) is 2.48. The van der Waals surface area contributed by atoms with Crippen molar-refractivity contribution in [1.82, 2.24) is 15.2 Å². The molecule has 0 spiro atoms. The summed E-state index contributed by atoms with van der Waals surface area (Å²) in [4.78, 5) is 18.7. The molecule has 0 atom stereocenters. The van der Waals surface area contributed by atoms with E-state index in [0.29, 0.717) is 10.9 Å². The Morgan fingerprint density at radius 3 is 2.85 bits per heavy atom. The van der Waals surface area contributed by atoms with Gasteiger partial charge < -0.3 is 5.32 Å². The predicted molar refractivity (Wildman–Crippen MR) is 114 cm³/mol. The van der Waals surface area contributed by atoms with Crippen molar-refractivity contribution in [3.63, 3.8) is 0 Å². The van der Waals surface area contributed by atoms with Crippen LogP contribution >= 0.6 is 34.4 Å². The van der Waals surface area contributed by atoms with E-state index in [0.717, 1.165) is 38.5 Å². The zero-order valence-electron chi connectivity index (χ0n) is 15.6. The minimum atomic E-state index is -0.0448. The first kappa shape index (κ1) is 19.8. The lowest BCUT2D eigenvalue weighted by Gasteiger charge is -2.21. The summed E-state index contributed by atoms with van der Waals surface area (Å²) >= 11 is 4.62.